The zero-order valence-electron chi connectivity index (χ0n) is 16.4. The number of esters is 1. The van der Waals surface area contributed by atoms with Crippen LogP contribution in [0.2, 0.25) is 0 Å². The molecule has 0 aromatic carbocycles. The maximum absolute atomic E-state index is 12.1. The molecule has 0 bridgehead atoms. The van der Waals surface area contributed by atoms with Crippen molar-refractivity contribution in [2.24, 2.45) is 5.92 Å². The minimum Gasteiger partial charge on any atom is -0.466 e. The molecule has 154 valence electrons. The Hall–Kier alpha value is -2.45. The summed E-state index contributed by atoms with van der Waals surface area (Å²) in [5, 5.41) is 15.2. The normalized spacial score (nSPS) is 21.0. The number of nitro groups is 1. The van der Waals surface area contributed by atoms with Crippen LogP contribution >= 0.6 is 0 Å². The van der Waals surface area contributed by atoms with Gasteiger partial charge in [0.1, 0.15) is 6.33 Å². The van der Waals surface area contributed by atoms with Gasteiger partial charge in [-0.3, -0.25) is 14.9 Å². The van der Waals surface area contributed by atoms with Gasteiger partial charge < -0.3 is 15.0 Å². The third kappa shape index (κ3) is 4.88. The highest BCUT2D eigenvalue weighted by Crippen LogP contribution is 2.35. The van der Waals surface area contributed by atoms with E-state index in [1.807, 2.05) is 4.90 Å². The van der Waals surface area contributed by atoms with Crippen LogP contribution in [0.4, 0.5) is 17.3 Å². The first-order valence-corrected chi connectivity index (χ1v) is 10.3. The second kappa shape index (κ2) is 9.66. The van der Waals surface area contributed by atoms with Gasteiger partial charge in [-0.05, 0) is 32.6 Å². The van der Waals surface area contributed by atoms with E-state index in [2.05, 4.69) is 15.3 Å². The fourth-order valence-corrected chi connectivity index (χ4v) is 4.11. The van der Waals surface area contributed by atoms with Crippen LogP contribution < -0.4 is 10.2 Å². The molecule has 1 aromatic rings. The molecule has 0 spiro atoms. The Morgan fingerprint density at radius 1 is 1.25 bits per heavy atom. The number of aromatic nitrogens is 2. The molecule has 1 aliphatic heterocycles. The van der Waals surface area contributed by atoms with Crippen LogP contribution in [0.25, 0.3) is 0 Å². The molecule has 9 heteroatoms. The third-order valence-corrected chi connectivity index (χ3v) is 5.52. The molecule has 2 fully saturated rings. The van der Waals surface area contributed by atoms with Crippen molar-refractivity contribution >= 4 is 23.3 Å². The molecule has 1 N–H and O–H groups in total. The number of rotatable bonds is 6. The summed E-state index contributed by atoms with van der Waals surface area (Å²) in [5.74, 6) is 0.0209. The van der Waals surface area contributed by atoms with Crippen molar-refractivity contribution in [2.45, 2.75) is 64.3 Å². The van der Waals surface area contributed by atoms with E-state index in [1.165, 1.54) is 19.2 Å². The van der Waals surface area contributed by atoms with Crippen LogP contribution in [0.5, 0.6) is 0 Å². The van der Waals surface area contributed by atoms with Gasteiger partial charge in [0.2, 0.25) is 11.6 Å². The Labute approximate surface area is 165 Å². The lowest BCUT2D eigenvalue weighted by atomic mass is 9.98. The molecule has 1 atom stereocenters. The number of piperidine rings is 1. The van der Waals surface area contributed by atoms with Crippen LogP contribution in [0, 0.1) is 16.0 Å². The van der Waals surface area contributed by atoms with E-state index < -0.39 is 4.92 Å². The number of nitrogens with one attached hydrogen (secondary N) is 1. The average Bonchev–Trinajstić information content (AvgIpc) is 2.96. The molecule has 1 saturated heterocycles. The summed E-state index contributed by atoms with van der Waals surface area (Å²) in [5.41, 5.74) is -0.101. The van der Waals surface area contributed by atoms with E-state index in [1.54, 1.807) is 6.92 Å². The summed E-state index contributed by atoms with van der Waals surface area (Å²) in [6.07, 6.45) is 9.49. The van der Waals surface area contributed by atoms with Gasteiger partial charge in [-0.15, -0.1) is 0 Å². The SMILES string of the molecule is CCOC(=O)C1CCCN(c2ncnc(NC3CCCCCC3)c2[N+](=O)[O-])C1. The van der Waals surface area contributed by atoms with Gasteiger partial charge in [0.25, 0.3) is 0 Å². The first kappa shape index (κ1) is 20.3. The number of hydrogen-bond donors (Lipinski definition) is 1. The molecule has 1 aromatic heterocycles. The standard InChI is InChI=1S/C19H29N5O4/c1-2-28-19(25)14-8-7-11-23(12-14)18-16(24(26)27)17(20-13-21-18)22-15-9-5-3-4-6-10-15/h13-15H,2-12H2,1H3,(H,20,21,22). The zero-order chi connectivity index (χ0) is 19.9. The first-order valence-electron chi connectivity index (χ1n) is 10.3. The van der Waals surface area contributed by atoms with Crippen molar-refractivity contribution in [1.29, 1.82) is 0 Å². The predicted octanol–water partition coefficient (Wildman–Crippen LogP) is 3.30. The summed E-state index contributed by atoms with van der Waals surface area (Å²) in [4.78, 5) is 33.8. The van der Waals surface area contributed by atoms with E-state index in [0.29, 0.717) is 19.7 Å². The Balaban J connectivity index is 1.82. The number of nitrogens with zero attached hydrogens (tertiary/aromatic N) is 4. The van der Waals surface area contributed by atoms with Crippen LogP contribution in [0.1, 0.15) is 58.3 Å². The molecular weight excluding hydrogens is 362 g/mol. The van der Waals surface area contributed by atoms with E-state index in [-0.39, 0.29) is 35.3 Å². The van der Waals surface area contributed by atoms with Gasteiger partial charge in [-0.25, -0.2) is 9.97 Å². The number of ether oxygens (including phenoxy) is 1. The lowest BCUT2D eigenvalue weighted by Gasteiger charge is -2.32. The van der Waals surface area contributed by atoms with Gasteiger partial charge in [0, 0.05) is 19.1 Å². The molecule has 0 radical (unpaired) electrons. The summed E-state index contributed by atoms with van der Waals surface area (Å²) < 4.78 is 5.13. The van der Waals surface area contributed by atoms with Crippen molar-refractivity contribution in [1.82, 2.24) is 9.97 Å². The molecule has 3 rings (SSSR count). The monoisotopic (exact) mass is 391 g/mol. The summed E-state index contributed by atoms with van der Waals surface area (Å²) in [6.45, 7) is 3.10. The number of anilines is 2. The van der Waals surface area contributed by atoms with Crippen molar-refractivity contribution in [3.8, 4) is 0 Å². The summed E-state index contributed by atoms with van der Waals surface area (Å²) in [7, 11) is 0. The highest BCUT2D eigenvalue weighted by atomic mass is 16.6. The Morgan fingerprint density at radius 3 is 2.68 bits per heavy atom. The summed E-state index contributed by atoms with van der Waals surface area (Å²) in [6, 6.07) is 0.192. The molecule has 0 amide bonds. The lowest BCUT2D eigenvalue weighted by Crippen LogP contribution is -2.40. The van der Waals surface area contributed by atoms with Crippen molar-refractivity contribution in [2.75, 3.05) is 29.9 Å². The van der Waals surface area contributed by atoms with Crippen LogP contribution in [0.15, 0.2) is 6.33 Å². The Bertz CT molecular complexity index is 691. The average molecular weight is 391 g/mol. The number of carbonyl (C=O) groups excluding carboxylic acids is 1. The zero-order valence-corrected chi connectivity index (χ0v) is 16.4. The molecule has 2 aliphatic rings. The molecule has 1 aliphatic carbocycles. The number of hydrogen-bond acceptors (Lipinski definition) is 8. The summed E-state index contributed by atoms with van der Waals surface area (Å²) >= 11 is 0. The maximum Gasteiger partial charge on any atom is 0.353 e. The third-order valence-electron chi connectivity index (χ3n) is 5.52. The van der Waals surface area contributed by atoms with E-state index >= 15 is 0 Å². The fourth-order valence-electron chi connectivity index (χ4n) is 4.11. The molecule has 9 nitrogen and oxygen atoms in total. The van der Waals surface area contributed by atoms with E-state index in [9.17, 15) is 14.9 Å². The predicted molar refractivity (Wildman–Crippen MR) is 105 cm³/mol. The minimum absolute atomic E-state index is 0.101. The van der Waals surface area contributed by atoms with Gasteiger partial charge in [-0.2, -0.15) is 0 Å². The van der Waals surface area contributed by atoms with Crippen LogP contribution in [-0.4, -0.2) is 46.6 Å². The second-order valence-electron chi connectivity index (χ2n) is 7.52. The van der Waals surface area contributed by atoms with Crippen molar-refractivity contribution in [3.63, 3.8) is 0 Å². The lowest BCUT2D eigenvalue weighted by molar-refractivity contribution is -0.383. The minimum atomic E-state index is -0.414. The van der Waals surface area contributed by atoms with E-state index in [4.69, 9.17) is 4.74 Å². The van der Waals surface area contributed by atoms with Gasteiger partial charge in [-0.1, -0.05) is 25.7 Å². The van der Waals surface area contributed by atoms with Gasteiger partial charge in [0.15, 0.2) is 0 Å². The highest BCUT2D eigenvalue weighted by molar-refractivity contribution is 5.75. The topological polar surface area (TPSA) is 110 Å². The fraction of sp³-hybridized carbons (Fsp3) is 0.737. The number of carbonyl (C=O) groups is 1. The first-order chi connectivity index (χ1) is 13.6. The van der Waals surface area contributed by atoms with Crippen molar-refractivity contribution in [3.05, 3.63) is 16.4 Å². The Kier molecular flexibility index (Phi) is 7.00. The molecule has 1 saturated carbocycles. The van der Waals surface area contributed by atoms with Crippen LogP contribution in [0.3, 0.4) is 0 Å². The molecule has 2 heterocycles. The molecule has 28 heavy (non-hydrogen) atoms. The smallest absolute Gasteiger partial charge is 0.353 e. The van der Waals surface area contributed by atoms with Gasteiger partial charge >= 0.3 is 11.7 Å². The molecular formula is C19H29N5O4. The van der Waals surface area contributed by atoms with Gasteiger partial charge in [0.05, 0.1) is 17.4 Å². The maximum atomic E-state index is 12.1. The van der Waals surface area contributed by atoms with E-state index in [0.717, 1.165) is 38.5 Å². The quantitative estimate of drug-likeness (QED) is 0.340. The van der Waals surface area contributed by atoms with Crippen LogP contribution in [-0.2, 0) is 9.53 Å². The molecule has 1 unspecified atom stereocenters. The Morgan fingerprint density at radius 2 is 2.00 bits per heavy atom. The van der Waals surface area contributed by atoms with Crippen molar-refractivity contribution < 1.29 is 14.5 Å². The second-order valence-corrected chi connectivity index (χ2v) is 7.52. The highest BCUT2D eigenvalue weighted by Gasteiger charge is 2.33. The largest absolute Gasteiger partial charge is 0.466 e.